The first-order chi connectivity index (χ1) is 13.0. The molecular formula is C22H21BrN2O2. The summed E-state index contributed by atoms with van der Waals surface area (Å²) >= 11 is 3.54. The quantitative estimate of drug-likeness (QED) is 0.433. The second kappa shape index (κ2) is 8.82. The number of nitrogens with one attached hydrogen (secondary N) is 1. The van der Waals surface area contributed by atoms with E-state index in [0.29, 0.717) is 11.7 Å². The van der Waals surface area contributed by atoms with Gasteiger partial charge in [-0.3, -0.25) is 4.79 Å². The predicted molar refractivity (Wildman–Crippen MR) is 113 cm³/mol. The molecule has 3 aromatic rings. The lowest BCUT2D eigenvalue weighted by atomic mass is 10.0. The number of ether oxygens (including phenoxy) is 1. The van der Waals surface area contributed by atoms with E-state index in [1.54, 1.807) is 6.21 Å². The van der Waals surface area contributed by atoms with Crippen molar-refractivity contribution in [2.24, 2.45) is 5.10 Å². The molecule has 0 aromatic heterocycles. The van der Waals surface area contributed by atoms with Gasteiger partial charge in [0.05, 0.1) is 10.7 Å². The molecule has 0 heterocycles. The van der Waals surface area contributed by atoms with Crippen LogP contribution in [0.2, 0.25) is 0 Å². The van der Waals surface area contributed by atoms with Gasteiger partial charge in [-0.1, -0.05) is 68.4 Å². The number of amides is 1. The van der Waals surface area contributed by atoms with Crippen molar-refractivity contribution < 1.29 is 9.53 Å². The molecule has 5 heteroatoms. The highest BCUT2D eigenvalue weighted by molar-refractivity contribution is 9.10. The second-order valence-electron chi connectivity index (χ2n) is 6.50. The molecule has 0 unspecified atom stereocenters. The van der Waals surface area contributed by atoms with E-state index in [0.717, 1.165) is 20.8 Å². The third-order valence-corrected chi connectivity index (χ3v) is 5.01. The third kappa shape index (κ3) is 4.95. The van der Waals surface area contributed by atoms with Gasteiger partial charge < -0.3 is 4.74 Å². The normalized spacial score (nSPS) is 11.3. The first kappa shape index (κ1) is 19.1. The van der Waals surface area contributed by atoms with Crippen molar-refractivity contribution in [2.45, 2.75) is 19.8 Å². The number of hydrogen-bond acceptors (Lipinski definition) is 3. The monoisotopic (exact) mass is 424 g/mol. The third-order valence-electron chi connectivity index (χ3n) is 4.19. The molecule has 1 amide bonds. The van der Waals surface area contributed by atoms with Crippen molar-refractivity contribution in [2.75, 3.05) is 6.61 Å². The first-order valence-corrected chi connectivity index (χ1v) is 9.56. The fourth-order valence-electron chi connectivity index (χ4n) is 2.65. The maximum absolute atomic E-state index is 12.0. The highest BCUT2D eigenvalue weighted by atomic mass is 79.9. The van der Waals surface area contributed by atoms with E-state index < -0.39 is 0 Å². The van der Waals surface area contributed by atoms with Gasteiger partial charge in [-0.2, -0.15) is 5.10 Å². The van der Waals surface area contributed by atoms with Crippen LogP contribution < -0.4 is 10.2 Å². The number of carbonyl (C=O) groups excluding carboxylic acids is 1. The molecule has 0 bridgehead atoms. The molecule has 3 rings (SSSR count). The van der Waals surface area contributed by atoms with Crippen LogP contribution in [0.25, 0.3) is 10.8 Å². The maximum Gasteiger partial charge on any atom is 0.277 e. The first-order valence-electron chi connectivity index (χ1n) is 8.76. The van der Waals surface area contributed by atoms with E-state index in [4.69, 9.17) is 4.74 Å². The fourth-order valence-corrected chi connectivity index (χ4v) is 3.25. The van der Waals surface area contributed by atoms with Crippen molar-refractivity contribution in [3.63, 3.8) is 0 Å². The predicted octanol–water partition coefficient (Wildman–Crippen LogP) is 5.25. The van der Waals surface area contributed by atoms with Gasteiger partial charge >= 0.3 is 0 Å². The molecule has 0 atom stereocenters. The lowest BCUT2D eigenvalue weighted by molar-refractivity contribution is -0.123. The number of hydrogen-bond donors (Lipinski definition) is 1. The zero-order valence-corrected chi connectivity index (χ0v) is 16.9. The highest BCUT2D eigenvalue weighted by Crippen LogP contribution is 2.32. The molecule has 0 aliphatic rings. The number of rotatable bonds is 6. The molecule has 0 saturated carbocycles. The summed E-state index contributed by atoms with van der Waals surface area (Å²) < 4.78 is 6.45. The van der Waals surface area contributed by atoms with Crippen LogP contribution in [0, 0.1) is 0 Å². The summed E-state index contributed by atoms with van der Waals surface area (Å²) in [6.45, 7) is 4.19. The van der Waals surface area contributed by atoms with E-state index in [9.17, 15) is 4.79 Å². The van der Waals surface area contributed by atoms with E-state index >= 15 is 0 Å². The van der Waals surface area contributed by atoms with Crippen molar-refractivity contribution in [1.29, 1.82) is 0 Å². The average Bonchev–Trinajstić information content (AvgIpc) is 2.68. The molecule has 0 aliphatic heterocycles. The zero-order valence-electron chi connectivity index (χ0n) is 15.3. The molecule has 4 nitrogen and oxygen atoms in total. The Morgan fingerprint density at radius 2 is 1.85 bits per heavy atom. The summed E-state index contributed by atoms with van der Waals surface area (Å²) in [6.07, 6.45) is 1.62. The lowest BCUT2D eigenvalue weighted by Gasteiger charge is -2.09. The average molecular weight is 425 g/mol. The van der Waals surface area contributed by atoms with Crippen LogP contribution in [0.5, 0.6) is 5.75 Å². The Kier molecular flexibility index (Phi) is 6.24. The van der Waals surface area contributed by atoms with Crippen LogP contribution in [0.4, 0.5) is 0 Å². The van der Waals surface area contributed by atoms with Gasteiger partial charge in [0.2, 0.25) is 0 Å². The van der Waals surface area contributed by atoms with Crippen molar-refractivity contribution in [3.05, 3.63) is 76.3 Å². The number of nitrogens with zero attached hydrogens (tertiary/aromatic N) is 1. The van der Waals surface area contributed by atoms with E-state index in [1.807, 2.05) is 48.5 Å². The van der Waals surface area contributed by atoms with Crippen molar-refractivity contribution in [1.82, 2.24) is 5.43 Å². The SMILES string of the molecule is CC(C)c1ccc(/C=N/NC(=O)COc2ccc3ccccc3c2Br)cc1. The van der Waals surface area contributed by atoms with E-state index in [2.05, 4.69) is 52.4 Å². The molecule has 0 aliphatic carbocycles. The molecule has 138 valence electrons. The number of halogens is 1. The van der Waals surface area contributed by atoms with Crippen LogP contribution in [0.1, 0.15) is 30.9 Å². The summed E-state index contributed by atoms with van der Waals surface area (Å²) in [5, 5.41) is 6.13. The molecule has 0 saturated heterocycles. The smallest absolute Gasteiger partial charge is 0.277 e. The molecule has 0 radical (unpaired) electrons. The fraction of sp³-hybridized carbons (Fsp3) is 0.182. The van der Waals surface area contributed by atoms with Crippen LogP contribution in [-0.4, -0.2) is 18.7 Å². The van der Waals surface area contributed by atoms with Crippen molar-refractivity contribution >= 4 is 38.8 Å². The van der Waals surface area contributed by atoms with Crippen LogP contribution >= 0.6 is 15.9 Å². The Morgan fingerprint density at radius 1 is 1.11 bits per heavy atom. The number of fused-ring (bicyclic) bond motifs is 1. The summed E-state index contributed by atoms with van der Waals surface area (Å²) in [5.41, 5.74) is 4.68. The van der Waals surface area contributed by atoms with E-state index in [1.165, 1.54) is 5.56 Å². The van der Waals surface area contributed by atoms with Gasteiger partial charge in [0, 0.05) is 0 Å². The Bertz CT molecular complexity index is 966. The largest absolute Gasteiger partial charge is 0.483 e. The number of hydrazone groups is 1. The Hall–Kier alpha value is -2.66. The minimum absolute atomic E-state index is 0.111. The summed E-state index contributed by atoms with van der Waals surface area (Å²) in [4.78, 5) is 12.0. The van der Waals surface area contributed by atoms with Gasteiger partial charge in [0.25, 0.3) is 5.91 Å². The summed E-state index contributed by atoms with van der Waals surface area (Å²) in [5.74, 6) is 0.796. The van der Waals surface area contributed by atoms with Crippen molar-refractivity contribution in [3.8, 4) is 5.75 Å². The Labute approximate surface area is 167 Å². The maximum atomic E-state index is 12.0. The Morgan fingerprint density at radius 3 is 2.59 bits per heavy atom. The van der Waals surface area contributed by atoms with Gasteiger partial charge in [-0.15, -0.1) is 0 Å². The van der Waals surface area contributed by atoms with Gasteiger partial charge in [-0.05, 0) is 49.8 Å². The summed E-state index contributed by atoms with van der Waals surface area (Å²) in [7, 11) is 0. The highest BCUT2D eigenvalue weighted by Gasteiger charge is 2.08. The molecule has 0 spiro atoms. The topological polar surface area (TPSA) is 50.7 Å². The number of carbonyl (C=O) groups is 1. The zero-order chi connectivity index (χ0) is 19.2. The summed E-state index contributed by atoms with van der Waals surface area (Å²) in [6, 6.07) is 19.9. The molecular weight excluding hydrogens is 404 g/mol. The minimum Gasteiger partial charge on any atom is -0.483 e. The van der Waals surface area contributed by atoms with E-state index in [-0.39, 0.29) is 12.5 Å². The van der Waals surface area contributed by atoms with Gasteiger partial charge in [0.15, 0.2) is 6.61 Å². The van der Waals surface area contributed by atoms with Gasteiger partial charge in [-0.25, -0.2) is 5.43 Å². The minimum atomic E-state index is -0.315. The molecule has 3 aromatic carbocycles. The van der Waals surface area contributed by atoms with Crippen LogP contribution in [0.15, 0.2) is 70.2 Å². The molecule has 0 fully saturated rings. The second-order valence-corrected chi connectivity index (χ2v) is 7.30. The van der Waals surface area contributed by atoms with Crippen LogP contribution in [-0.2, 0) is 4.79 Å². The molecule has 27 heavy (non-hydrogen) atoms. The lowest BCUT2D eigenvalue weighted by Crippen LogP contribution is -2.24. The molecule has 1 N–H and O–H groups in total. The Balaban J connectivity index is 1.54. The number of benzene rings is 3. The van der Waals surface area contributed by atoms with Crippen LogP contribution in [0.3, 0.4) is 0 Å². The van der Waals surface area contributed by atoms with Gasteiger partial charge in [0.1, 0.15) is 5.75 Å². The standard InChI is InChI=1S/C22H21BrN2O2/c1-15(2)17-9-7-16(8-10-17)13-24-25-21(26)14-27-20-12-11-18-5-3-4-6-19(18)22(20)23/h3-13,15H,14H2,1-2H3,(H,25,26)/b24-13+.